The molecule has 0 spiro atoms. The van der Waals surface area contributed by atoms with Crippen molar-refractivity contribution in [2.45, 2.75) is 0 Å². The van der Waals surface area contributed by atoms with Crippen LogP contribution in [-0.2, 0) is 0 Å². The van der Waals surface area contributed by atoms with Crippen LogP contribution in [0.15, 0.2) is 12.1 Å². The number of aromatic nitrogens is 1. The zero-order valence-electron chi connectivity index (χ0n) is 4.81. The van der Waals surface area contributed by atoms with Crippen molar-refractivity contribution in [3.8, 4) is 6.07 Å². The molecule has 0 unspecified atom stereocenters. The number of halogens is 2. The molecular weight excluding hydrogens is 138 g/mol. The molecule has 0 atom stereocenters. The fraction of sp³-hybridized carbons (Fsp3) is 0. The minimum Gasteiger partial charge on any atom is -0.206 e. The minimum absolute atomic E-state index is 0.514. The van der Waals surface area contributed by atoms with Gasteiger partial charge in [-0.3, -0.25) is 0 Å². The van der Waals surface area contributed by atoms with Gasteiger partial charge >= 0.3 is 0 Å². The molecule has 0 aromatic carbocycles. The van der Waals surface area contributed by atoms with E-state index in [2.05, 4.69) is 4.98 Å². The zero-order valence-corrected chi connectivity index (χ0v) is 4.81. The molecule has 1 heterocycles. The van der Waals surface area contributed by atoms with Crippen molar-refractivity contribution in [2.24, 2.45) is 0 Å². The first-order valence-corrected chi connectivity index (χ1v) is 2.46. The molecule has 0 bridgehead atoms. The van der Waals surface area contributed by atoms with Crippen molar-refractivity contribution in [3.63, 3.8) is 0 Å². The van der Waals surface area contributed by atoms with Gasteiger partial charge in [-0.2, -0.15) is 9.65 Å². The molecule has 1 rings (SSSR count). The van der Waals surface area contributed by atoms with Gasteiger partial charge in [0.15, 0.2) is 11.5 Å². The predicted octanol–water partition coefficient (Wildman–Crippen LogP) is 1.23. The lowest BCUT2D eigenvalue weighted by Gasteiger charge is -1.89. The van der Waals surface area contributed by atoms with E-state index in [1.165, 1.54) is 6.07 Å². The van der Waals surface area contributed by atoms with Gasteiger partial charge in [0.2, 0.25) is 5.95 Å². The van der Waals surface area contributed by atoms with E-state index in [-0.39, 0.29) is 0 Å². The zero-order chi connectivity index (χ0) is 7.56. The largest absolute Gasteiger partial charge is 0.214 e. The number of hydrogen-bond donors (Lipinski definition) is 0. The standard InChI is InChI=1S/C6H2F2N2/c7-4-1-2-6(8)10-5(4)3-9/h1-2H. The maximum absolute atomic E-state index is 12.3. The number of hydrogen-bond acceptors (Lipinski definition) is 2. The van der Waals surface area contributed by atoms with E-state index >= 15 is 0 Å². The normalized spacial score (nSPS) is 8.90. The first-order valence-electron chi connectivity index (χ1n) is 2.46. The van der Waals surface area contributed by atoms with Gasteiger partial charge in [0, 0.05) is 0 Å². The third kappa shape index (κ3) is 1.08. The lowest BCUT2D eigenvalue weighted by molar-refractivity contribution is 0.556. The number of rotatable bonds is 0. The van der Waals surface area contributed by atoms with Crippen LogP contribution in [0.1, 0.15) is 5.69 Å². The lowest BCUT2D eigenvalue weighted by atomic mass is 10.3. The Labute approximate surface area is 55.7 Å². The topological polar surface area (TPSA) is 36.7 Å². The summed E-state index contributed by atoms with van der Waals surface area (Å²) in [4.78, 5) is 2.99. The third-order valence-electron chi connectivity index (χ3n) is 0.918. The summed E-state index contributed by atoms with van der Waals surface area (Å²) in [6.45, 7) is 0. The Kier molecular flexibility index (Phi) is 1.59. The second kappa shape index (κ2) is 2.40. The molecule has 4 heteroatoms. The van der Waals surface area contributed by atoms with Gasteiger partial charge in [0.05, 0.1) is 0 Å². The van der Waals surface area contributed by atoms with Gasteiger partial charge in [-0.25, -0.2) is 9.37 Å². The summed E-state index contributed by atoms with van der Waals surface area (Å²) in [5, 5.41) is 8.12. The molecule has 0 aliphatic carbocycles. The second-order valence-electron chi connectivity index (χ2n) is 1.58. The summed E-state index contributed by atoms with van der Waals surface area (Å²) < 4.78 is 24.4. The molecule has 0 fully saturated rings. The number of nitrogens with zero attached hydrogens (tertiary/aromatic N) is 2. The molecule has 0 N–H and O–H groups in total. The van der Waals surface area contributed by atoms with Crippen molar-refractivity contribution in [1.82, 2.24) is 4.98 Å². The SMILES string of the molecule is N#Cc1nc(F)ccc1F. The second-order valence-corrected chi connectivity index (χ2v) is 1.58. The summed E-state index contributed by atoms with van der Waals surface area (Å²) in [5.74, 6) is -1.65. The molecule has 0 saturated carbocycles. The van der Waals surface area contributed by atoms with E-state index < -0.39 is 17.5 Å². The Morgan fingerprint density at radius 1 is 1.40 bits per heavy atom. The molecule has 50 valence electrons. The highest BCUT2D eigenvalue weighted by molar-refractivity contribution is 5.21. The van der Waals surface area contributed by atoms with Crippen molar-refractivity contribution >= 4 is 0 Å². The molecule has 1 aromatic heterocycles. The van der Waals surface area contributed by atoms with Crippen LogP contribution in [0.4, 0.5) is 8.78 Å². The van der Waals surface area contributed by atoms with Crippen LogP contribution in [0.2, 0.25) is 0 Å². The van der Waals surface area contributed by atoms with Crippen LogP contribution in [0.3, 0.4) is 0 Å². The number of pyridine rings is 1. The summed E-state index contributed by atoms with van der Waals surface area (Å²) >= 11 is 0. The summed E-state index contributed by atoms with van der Waals surface area (Å²) in [7, 11) is 0. The minimum atomic E-state index is -0.849. The van der Waals surface area contributed by atoms with E-state index in [9.17, 15) is 8.78 Å². The maximum atomic E-state index is 12.3. The van der Waals surface area contributed by atoms with Crippen LogP contribution >= 0.6 is 0 Å². The highest BCUT2D eigenvalue weighted by atomic mass is 19.1. The average molecular weight is 140 g/mol. The Bertz CT molecular complexity index is 290. The van der Waals surface area contributed by atoms with Crippen molar-refractivity contribution in [1.29, 1.82) is 5.26 Å². The Morgan fingerprint density at radius 3 is 2.60 bits per heavy atom. The molecular formula is C6H2F2N2. The molecule has 10 heavy (non-hydrogen) atoms. The van der Waals surface area contributed by atoms with Gasteiger partial charge in [-0.05, 0) is 12.1 Å². The van der Waals surface area contributed by atoms with Crippen LogP contribution in [-0.4, -0.2) is 4.98 Å². The first-order chi connectivity index (χ1) is 4.74. The quantitative estimate of drug-likeness (QED) is 0.508. The van der Waals surface area contributed by atoms with Gasteiger partial charge < -0.3 is 0 Å². The Morgan fingerprint density at radius 2 is 2.10 bits per heavy atom. The van der Waals surface area contributed by atoms with Gasteiger partial charge in [0.1, 0.15) is 6.07 Å². The van der Waals surface area contributed by atoms with E-state index in [0.717, 1.165) is 12.1 Å². The van der Waals surface area contributed by atoms with E-state index in [1.54, 1.807) is 0 Å². The smallest absolute Gasteiger partial charge is 0.206 e. The monoisotopic (exact) mass is 140 g/mol. The van der Waals surface area contributed by atoms with Crippen molar-refractivity contribution < 1.29 is 8.78 Å². The molecule has 0 aliphatic heterocycles. The average Bonchev–Trinajstić information content (AvgIpc) is 1.94. The van der Waals surface area contributed by atoms with Crippen LogP contribution < -0.4 is 0 Å². The van der Waals surface area contributed by atoms with Gasteiger partial charge in [-0.15, -0.1) is 0 Å². The van der Waals surface area contributed by atoms with Crippen LogP contribution in [0.25, 0.3) is 0 Å². The fourth-order valence-electron chi connectivity index (χ4n) is 0.497. The van der Waals surface area contributed by atoms with E-state index in [4.69, 9.17) is 5.26 Å². The lowest BCUT2D eigenvalue weighted by Crippen LogP contribution is -1.91. The van der Waals surface area contributed by atoms with Crippen LogP contribution in [0.5, 0.6) is 0 Å². The predicted molar refractivity (Wildman–Crippen MR) is 28.9 cm³/mol. The molecule has 2 nitrogen and oxygen atoms in total. The van der Waals surface area contributed by atoms with Crippen molar-refractivity contribution in [2.75, 3.05) is 0 Å². The fourth-order valence-corrected chi connectivity index (χ4v) is 0.497. The third-order valence-corrected chi connectivity index (χ3v) is 0.918. The first kappa shape index (κ1) is 6.62. The number of nitriles is 1. The summed E-state index contributed by atoms with van der Waals surface area (Å²) in [6, 6.07) is 3.13. The highest BCUT2D eigenvalue weighted by Crippen LogP contribution is 2.02. The molecule has 1 aromatic rings. The molecule has 0 radical (unpaired) electrons. The molecule has 0 amide bonds. The van der Waals surface area contributed by atoms with Gasteiger partial charge in [0.25, 0.3) is 0 Å². The Balaban J connectivity index is 3.25. The molecule has 0 saturated heterocycles. The van der Waals surface area contributed by atoms with Crippen LogP contribution in [0, 0.1) is 23.1 Å². The Hall–Kier alpha value is -1.50. The summed E-state index contributed by atoms with van der Waals surface area (Å²) in [6.07, 6.45) is 0. The van der Waals surface area contributed by atoms with Crippen molar-refractivity contribution in [3.05, 3.63) is 29.6 Å². The van der Waals surface area contributed by atoms with E-state index in [1.807, 2.05) is 0 Å². The molecule has 0 aliphatic rings. The summed E-state index contributed by atoms with van der Waals surface area (Å²) in [5.41, 5.74) is -0.514. The maximum Gasteiger partial charge on any atom is 0.214 e. The van der Waals surface area contributed by atoms with E-state index in [0.29, 0.717) is 0 Å². The highest BCUT2D eigenvalue weighted by Gasteiger charge is 2.02. The van der Waals surface area contributed by atoms with Gasteiger partial charge in [-0.1, -0.05) is 0 Å².